The van der Waals surface area contributed by atoms with E-state index >= 15 is 0 Å². The van der Waals surface area contributed by atoms with Gasteiger partial charge in [0.2, 0.25) is 11.8 Å². The Bertz CT molecular complexity index is 925. The van der Waals surface area contributed by atoms with Crippen LogP contribution in [-0.4, -0.2) is 23.3 Å². The zero-order valence-corrected chi connectivity index (χ0v) is 16.3. The molecule has 7 heteroatoms. The van der Waals surface area contributed by atoms with E-state index in [4.69, 9.17) is 0 Å². The Morgan fingerprint density at radius 1 is 1.21 bits per heavy atom. The molecule has 0 aliphatic carbocycles. The van der Waals surface area contributed by atoms with Crippen molar-refractivity contribution in [2.45, 2.75) is 39.4 Å². The van der Waals surface area contributed by atoms with Gasteiger partial charge in [0, 0.05) is 25.2 Å². The molecule has 2 aromatic rings. The lowest BCUT2D eigenvalue weighted by molar-refractivity contribution is -0.137. The number of nitrogens with one attached hydrogen (secondary N) is 1. The van der Waals surface area contributed by atoms with E-state index in [1.807, 2.05) is 32.0 Å². The van der Waals surface area contributed by atoms with Gasteiger partial charge in [-0.05, 0) is 42.2 Å². The molecule has 0 aromatic heterocycles. The van der Waals surface area contributed by atoms with Crippen LogP contribution in [0.2, 0.25) is 0 Å². The second kappa shape index (κ2) is 8.27. The molecule has 1 fully saturated rings. The number of halogens is 3. The fraction of sp³-hybridized carbons (Fsp3) is 0.364. The molecule has 1 aliphatic heterocycles. The van der Waals surface area contributed by atoms with E-state index in [-0.39, 0.29) is 31.3 Å². The number of carbonyl (C=O) groups excluding carboxylic acids is 2. The van der Waals surface area contributed by atoms with Gasteiger partial charge in [-0.25, -0.2) is 0 Å². The van der Waals surface area contributed by atoms with Crippen LogP contribution in [0.15, 0.2) is 42.5 Å². The predicted molar refractivity (Wildman–Crippen MR) is 104 cm³/mol. The van der Waals surface area contributed by atoms with Crippen LogP contribution in [0, 0.1) is 12.8 Å². The van der Waals surface area contributed by atoms with Crippen LogP contribution in [0.25, 0.3) is 0 Å². The van der Waals surface area contributed by atoms with Crippen molar-refractivity contribution in [3.63, 3.8) is 0 Å². The summed E-state index contributed by atoms with van der Waals surface area (Å²) in [7, 11) is 0. The third kappa shape index (κ3) is 4.78. The largest absolute Gasteiger partial charge is 0.416 e. The van der Waals surface area contributed by atoms with Crippen LogP contribution >= 0.6 is 0 Å². The van der Waals surface area contributed by atoms with Gasteiger partial charge in [0.25, 0.3) is 0 Å². The van der Waals surface area contributed by atoms with Crippen molar-refractivity contribution in [1.82, 2.24) is 4.90 Å². The molecule has 154 valence electrons. The van der Waals surface area contributed by atoms with Crippen molar-refractivity contribution in [2.24, 2.45) is 5.92 Å². The number of nitrogens with zero attached hydrogens (tertiary/aromatic N) is 1. The van der Waals surface area contributed by atoms with Crippen LogP contribution in [0.3, 0.4) is 0 Å². The van der Waals surface area contributed by atoms with E-state index in [1.54, 1.807) is 6.07 Å². The Labute approximate surface area is 167 Å². The molecule has 2 amide bonds. The highest BCUT2D eigenvalue weighted by atomic mass is 19.4. The first-order chi connectivity index (χ1) is 13.7. The quantitative estimate of drug-likeness (QED) is 0.794. The molecule has 1 aliphatic rings. The average Bonchev–Trinajstić information content (AvgIpc) is 3.03. The molecule has 3 rings (SSSR count). The molecule has 1 atom stereocenters. The summed E-state index contributed by atoms with van der Waals surface area (Å²) in [5.74, 6) is -1.01. The molecule has 0 radical (unpaired) electrons. The molecule has 0 bridgehead atoms. The molecule has 4 nitrogen and oxygen atoms in total. The maximum absolute atomic E-state index is 12.9. The van der Waals surface area contributed by atoms with E-state index in [0.29, 0.717) is 5.56 Å². The lowest BCUT2D eigenvalue weighted by Crippen LogP contribution is -2.28. The Morgan fingerprint density at radius 2 is 1.93 bits per heavy atom. The smallest absolute Gasteiger partial charge is 0.338 e. The Balaban J connectivity index is 1.68. The number of para-hydroxylation sites is 1. The molecule has 1 saturated heterocycles. The first kappa shape index (κ1) is 20.9. The van der Waals surface area contributed by atoms with E-state index in [0.717, 1.165) is 35.4 Å². The van der Waals surface area contributed by atoms with E-state index in [1.165, 1.54) is 11.0 Å². The highest BCUT2D eigenvalue weighted by Gasteiger charge is 2.35. The van der Waals surface area contributed by atoms with Crippen LogP contribution in [0.1, 0.15) is 35.6 Å². The molecule has 0 spiro atoms. The molecular formula is C22H23F3N2O2. The van der Waals surface area contributed by atoms with Gasteiger partial charge in [0.15, 0.2) is 0 Å². The molecular weight excluding hydrogens is 381 g/mol. The van der Waals surface area contributed by atoms with Crippen molar-refractivity contribution in [3.8, 4) is 0 Å². The van der Waals surface area contributed by atoms with Crippen molar-refractivity contribution in [1.29, 1.82) is 0 Å². The monoisotopic (exact) mass is 404 g/mol. The average molecular weight is 404 g/mol. The highest BCUT2D eigenvalue weighted by molar-refractivity contribution is 5.98. The lowest BCUT2D eigenvalue weighted by atomic mass is 10.0. The number of rotatable bonds is 5. The third-order valence-corrected chi connectivity index (χ3v) is 5.20. The third-order valence-electron chi connectivity index (χ3n) is 5.20. The summed E-state index contributed by atoms with van der Waals surface area (Å²) in [6.45, 7) is 4.15. The number of carbonyl (C=O) groups is 2. The van der Waals surface area contributed by atoms with Gasteiger partial charge in [0.1, 0.15) is 0 Å². The maximum atomic E-state index is 12.9. The van der Waals surface area contributed by atoms with E-state index < -0.39 is 17.7 Å². The van der Waals surface area contributed by atoms with Crippen molar-refractivity contribution < 1.29 is 22.8 Å². The highest BCUT2D eigenvalue weighted by Crippen LogP contribution is 2.30. The van der Waals surface area contributed by atoms with Gasteiger partial charge in [-0.1, -0.05) is 37.3 Å². The maximum Gasteiger partial charge on any atom is 0.416 e. The molecule has 29 heavy (non-hydrogen) atoms. The first-order valence-corrected chi connectivity index (χ1v) is 9.52. The summed E-state index contributed by atoms with van der Waals surface area (Å²) in [5.41, 5.74) is 2.37. The molecule has 1 N–H and O–H groups in total. The number of hydrogen-bond acceptors (Lipinski definition) is 2. The van der Waals surface area contributed by atoms with Gasteiger partial charge < -0.3 is 10.2 Å². The minimum absolute atomic E-state index is 0.0527. The van der Waals surface area contributed by atoms with Gasteiger partial charge in [-0.3, -0.25) is 9.59 Å². The number of amides is 2. The summed E-state index contributed by atoms with van der Waals surface area (Å²) in [6.07, 6.45) is -3.61. The number of anilines is 1. The van der Waals surface area contributed by atoms with Crippen molar-refractivity contribution in [2.75, 3.05) is 11.9 Å². The SMILES string of the molecule is CCc1cccc(C)c1NC(=O)C1CC(=O)N(Cc2cccc(C(F)(F)F)c2)C1. The fourth-order valence-corrected chi connectivity index (χ4v) is 3.59. The first-order valence-electron chi connectivity index (χ1n) is 9.52. The second-order valence-corrected chi connectivity index (χ2v) is 7.33. The summed E-state index contributed by atoms with van der Waals surface area (Å²) >= 11 is 0. The van der Waals surface area contributed by atoms with Crippen LogP contribution in [0.4, 0.5) is 18.9 Å². The van der Waals surface area contributed by atoms with Crippen LogP contribution in [-0.2, 0) is 28.7 Å². The minimum atomic E-state index is -4.43. The molecule has 1 unspecified atom stereocenters. The minimum Gasteiger partial charge on any atom is -0.338 e. The van der Waals surface area contributed by atoms with Gasteiger partial charge in [-0.15, -0.1) is 0 Å². The number of benzene rings is 2. The Kier molecular flexibility index (Phi) is 5.96. The zero-order valence-electron chi connectivity index (χ0n) is 16.3. The molecule has 2 aromatic carbocycles. The summed E-state index contributed by atoms with van der Waals surface area (Å²) in [6, 6.07) is 10.7. The van der Waals surface area contributed by atoms with E-state index in [2.05, 4.69) is 5.32 Å². The fourth-order valence-electron chi connectivity index (χ4n) is 3.59. The zero-order chi connectivity index (χ0) is 21.2. The second-order valence-electron chi connectivity index (χ2n) is 7.33. The van der Waals surface area contributed by atoms with Crippen molar-refractivity contribution >= 4 is 17.5 Å². The lowest BCUT2D eigenvalue weighted by Gasteiger charge is -2.18. The van der Waals surface area contributed by atoms with Gasteiger partial charge in [0.05, 0.1) is 11.5 Å². The van der Waals surface area contributed by atoms with Crippen molar-refractivity contribution in [3.05, 3.63) is 64.7 Å². The topological polar surface area (TPSA) is 49.4 Å². The Morgan fingerprint density at radius 3 is 2.62 bits per heavy atom. The number of likely N-dealkylation sites (tertiary alicyclic amines) is 1. The molecule has 0 saturated carbocycles. The van der Waals surface area contributed by atoms with Gasteiger partial charge >= 0.3 is 6.18 Å². The number of aryl methyl sites for hydroxylation is 2. The summed E-state index contributed by atoms with van der Waals surface area (Å²) in [4.78, 5) is 26.5. The van der Waals surface area contributed by atoms with Gasteiger partial charge in [-0.2, -0.15) is 13.2 Å². The van der Waals surface area contributed by atoms with E-state index in [9.17, 15) is 22.8 Å². The number of alkyl halides is 3. The van der Waals surface area contributed by atoms with Crippen LogP contribution < -0.4 is 5.32 Å². The normalized spacial score (nSPS) is 16.9. The summed E-state index contributed by atoms with van der Waals surface area (Å²) < 4.78 is 38.7. The number of hydrogen-bond donors (Lipinski definition) is 1. The summed E-state index contributed by atoms with van der Waals surface area (Å²) in [5, 5.41) is 2.94. The predicted octanol–water partition coefficient (Wildman–Crippen LogP) is 4.56. The molecule has 1 heterocycles. The van der Waals surface area contributed by atoms with Crippen LogP contribution in [0.5, 0.6) is 0 Å². The Hall–Kier alpha value is -2.83. The standard InChI is InChI=1S/C22H23F3N2O2/c1-3-16-8-4-6-14(2)20(16)26-21(29)17-11-19(28)27(13-17)12-15-7-5-9-18(10-15)22(23,24)25/h4-10,17H,3,11-13H2,1-2H3,(H,26,29).